The van der Waals surface area contributed by atoms with Crippen LogP contribution in [0.15, 0.2) is 17.6 Å². The molecule has 2 aromatic rings. The van der Waals surface area contributed by atoms with Gasteiger partial charge in [-0.25, -0.2) is 9.97 Å². The predicted octanol–water partition coefficient (Wildman–Crippen LogP) is 3.71. The van der Waals surface area contributed by atoms with Crippen molar-refractivity contribution in [2.24, 2.45) is 0 Å². The number of nitrogens with one attached hydrogen (secondary N) is 1. The molecule has 4 rings (SSSR count). The Morgan fingerprint density at radius 1 is 1.42 bits per heavy atom. The maximum absolute atomic E-state index is 12.8. The van der Waals surface area contributed by atoms with Crippen molar-refractivity contribution in [3.05, 3.63) is 45.2 Å². The maximum atomic E-state index is 12.8. The summed E-state index contributed by atoms with van der Waals surface area (Å²) in [6.45, 7) is 6.70. The van der Waals surface area contributed by atoms with Gasteiger partial charge in [0.15, 0.2) is 0 Å². The van der Waals surface area contributed by atoms with Gasteiger partial charge < -0.3 is 10.2 Å². The summed E-state index contributed by atoms with van der Waals surface area (Å²) in [6.07, 6.45) is 5.03. The molecule has 0 spiro atoms. The van der Waals surface area contributed by atoms with Crippen LogP contribution in [0.3, 0.4) is 0 Å². The van der Waals surface area contributed by atoms with Gasteiger partial charge in [0, 0.05) is 41.5 Å². The summed E-state index contributed by atoms with van der Waals surface area (Å²) in [5.41, 5.74) is 3.00. The fraction of sp³-hybridized carbons (Fsp3) is 0.526. The molecule has 2 aliphatic rings. The number of fused-ring (bicyclic) bond motifs is 1. The molecule has 2 aromatic heterocycles. The van der Waals surface area contributed by atoms with Crippen molar-refractivity contribution in [3.8, 4) is 0 Å². The summed E-state index contributed by atoms with van der Waals surface area (Å²) in [4.78, 5) is 25.3. The number of hydrogen-bond acceptors (Lipinski definition) is 5. The molecule has 1 saturated heterocycles. The Morgan fingerprint density at radius 3 is 2.96 bits per heavy atom. The van der Waals surface area contributed by atoms with Gasteiger partial charge in [-0.15, -0.1) is 23.7 Å². The Kier molecular flexibility index (Phi) is 5.95. The Hall–Kier alpha value is -1.50. The van der Waals surface area contributed by atoms with Gasteiger partial charge in [-0.2, -0.15) is 0 Å². The average Bonchev–Trinajstić information content (AvgIpc) is 3.32. The van der Waals surface area contributed by atoms with Crippen LogP contribution in [0.2, 0.25) is 0 Å². The Morgan fingerprint density at radius 2 is 2.27 bits per heavy atom. The number of nitrogens with zero attached hydrogens (tertiary/aromatic N) is 3. The van der Waals surface area contributed by atoms with Crippen LogP contribution in [0, 0.1) is 0 Å². The van der Waals surface area contributed by atoms with Crippen LogP contribution >= 0.6 is 23.7 Å². The number of halogens is 1. The first-order valence-corrected chi connectivity index (χ1v) is 9.95. The van der Waals surface area contributed by atoms with Crippen molar-refractivity contribution in [2.45, 2.75) is 51.6 Å². The minimum absolute atomic E-state index is 0. The molecule has 0 radical (unpaired) electrons. The number of rotatable bonds is 3. The van der Waals surface area contributed by atoms with Crippen LogP contribution in [0.5, 0.6) is 0 Å². The molecule has 1 N–H and O–H groups in total. The maximum Gasteiger partial charge on any atom is 0.255 e. The third kappa shape index (κ3) is 3.77. The van der Waals surface area contributed by atoms with Crippen molar-refractivity contribution in [3.63, 3.8) is 0 Å². The minimum Gasteiger partial charge on any atom is -0.334 e. The lowest BCUT2D eigenvalue weighted by Crippen LogP contribution is -2.36. The predicted molar refractivity (Wildman–Crippen MR) is 106 cm³/mol. The zero-order valence-corrected chi connectivity index (χ0v) is 16.8. The van der Waals surface area contributed by atoms with E-state index in [9.17, 15) is 4.79 Å². The normalized spacial score (nSPS) is 19.3. The van der Waals surface area contributed by atoms with E-state index in [1.807, 2.05) is 22.5 Å². The second kappa shape index (κ2) is 8.03. The summed E-state index contributed by atoms with van der Waals surface area (Å²) in [6, 6.07) is 2.34. The lowest BCUT2D eigenvalue weighted by molar-refractivity contribution is 0.0733. The zero-order valence-electron chi connectivity index (χ0n) is 15.2. The molecule has 0 aromatic carbocycles. The molecular weight excluding hydrogens is 368 g/mol. The summed E-state index contributed by atoms with van der Waals surface area (Å²) in [5, 5.41) is 5.44. The number of aromatic nitrogens is 2. The van der Waals surface area contributed by atoms with E-state index in [0.29, 0.717) is 18.5 Å². The van der Waals surface area contributed by atoms with Crippen LogP contribution in [0.25, 0.3) is 0 Å². The van der Waals surface area contributed by atoms with Crippen molar-refractivity contribution < 1.29 is 4.79 Å². The van der Waals surface area contributed by atoms with Crippen LogP contribution in [-0.2, 0) is 13.0 Å². The summed E-state index contributed by atoms with van der Waals surface area (Å²) in [5.74, 6) is 1.50. The number of amides is 1. The molecule has 1 unspecified atom stereocenters. The molecule has 0 saturated carbocycles. The van der Waals surface area contributed by atoms with E-state index in [4.69, 9.17) is 4.98 Å². The molecule has 0 aliphatic carbocycles. The molecule has 1 amide bonds. The molecule has 4 heterocycles. The van der Waals surface area contributed by atoms with Crippen LogP contribution in [0.1, 0.15) is 71.0 Å². The van der Waals surface area contributed by atoms with E-state index in [-0.39, 0.29) is 18.3 Å². The van der Waals surface area contributed by atoms with Gasteiger partial charge in [-0.3, -0.25) is 4.79 Å². The lowest BCUT2D eigenvalue weighted by atomic mass is 10.1. The monoisotopic (exact) mass is 392 g/mol. The molecule has 2 aliphatic heterocycles. The number of carbonyl (C=O) groups is 1. The Balaban J connectivity index is 0.00000196. The quantitative estimate of drug-likeness (QED) is 0.865. The molecule has 140 valence electrons. The van der Waals surface area contributed by atoms with Crippen molar-refractivity contribution in [1.82, 2.24) is 20.2 Å². The number of thiophene rings is 1. The van der Waals surface area contributed by atoms with Crippen molar-refractivity contribution in [1.29, 1.82) is 0 Å². The second-order valence-electron chi connectivity index (χ2n) is 7.22. The van der Waals surface area contributed by atoms with E-state index in [1.165, 1.54) is 11.3 Å². The molecule has 5 nitrogen and oxygen atoms in total. The Labute approximate surface area is 164 Å². The lowest BCUT2D eigenvalue weighted by Gasteiger charge is -2.28. The van der Waals surface area contributed by atoms with Gasteiger partial charge in [0.25, 0.3) is 5.91 Å². The highest BCUT2D eigenvalue weighted by atomic mass is 35.5. The van der Waals surface area contributed by atoms with Gasteiger partial charge in [0.05, 0.1) is 17.3 Å². The van der Waals surface area contributed by atoms with E-state index < -0.39 is 0 Å². The number of carbonyl (C=O) groups excluding carboxylic acids is 1. The molecule has 1 atom stereocenters. The van der Waals surface area contributed by atoms with Gasteiger partial charge in [0.2, 0.25) is 0 Å². The SMILES string of the molecule is CC(C)c1cc(C(=O)N2CCc3nc(C4CCCN4)ncc3C2)cs1.Cl. The van der Waals surface area contributed by atoms with E-state index >= 15 is 0 Å². The average molecular weight is 393 g/mol. The molecular formula is C19H25ClN4OS. The standard InChI is InChI=1S/C19H24N4OS.ClH/c1-12(2)17-8-13(11-25-17)19(24)23-7-5-15-14(10-23)9-21-18(22-15)16-4-3-6-20-16;/h8-9,11-12,16,20H,3-7,10H2,1-2H3;1H. The molecule has 1 fully saturated rings. The van der Waals surface area contributed by atoms with Crippen LogP contribution in [0.4, 0.5) is 0 Å². The van der Waals surface area contributed by atoms with Gasteiger partial charge in [0.1, 0.15) is 5.82 Å². The van der Waals surface area contributed by atoms with E-state index in [2.05, 4.69) is 24.1 Å². The molecule has 7 heteroatoms. The largest absolute Gasteiger partial charge is 0.334 e. The third-order valence-electron chi connectivity index (χ3n) is 5.05. The highest BCUT2D eigenvalue weighted by Gasteiger charge is 2.26. The molecule has 26 heavy (non-hydrogen) atoms. The first-order valence-electron chi connectivity index (χ1n) is 9.07. The number of hydrogen-bond donors (Lipinski definition) is 1. The highest BCUT2D eigenvalue weighted by Crippen LogP contribution is 2.26. The van der Waals surface area contributed by atoms with E-state index in [1.54, 1.807) is 11.3 Å². The molecule has 0 bridgehead atoms. The topological polar surface area (TPSA) is 58.1 Å². The van der Waals surface area contributed by atoms with Gasteiger partial charge in [-0.05, 0) is 31.4 Å². The van der Waals surface area contributed by atoms with Gasteiger partial charge >= 0.3 is 0 Å². The fourth-order valence-electron chi connectivity index (χ4n) is 3.53. The van der Waals surface area contributed by atoms with Crippen molar-refractivity contribution in [2.75, 3.05) is 13.1 Å². The first-order chi connectivity index (χ1) is 12.1. The minimum atomic E-state index is 0. The third-order valence-corrected chi connectivity index (χ3v) is 6.28. The van der Waals surface area contributed by atoms with Crippen molar-refractivity contribution >= 4 is 29.7 Å². The highest BCUT2D eigenvalue weighted by molar-refractivity contribution is 7.10. The summed E-state index contributed by atoms with van der Waals surface area (Å²) < 4.78 is 0. The summed E-state index contributed by atoms with van der Waals surface area (Å²) in [7, 11) is 0. The van der Waals surface area contributed by atoms with Crippen LogP contribution < -0.4 is 5.32 Å². The second-order valence-corrected chi connectivity index (χ2v) is 8.16. The first kappa shape index (κ1) is 19.3. The summed E-state index contributed by atoms with van der Waals surface area (Å²) >= 11 is 1.67. The zero-order chi connectivity index (χ0) is 17.4. The van der Waals surface area contributed by atoms with Crippen LogP contribution in [-0.4, -0.2) is 33.9 Å². The van der Waals surface area contributed by atoms with Gasteiger partial charge in [-0.1, -0.05) is 13.8 Å². The smallest absolute Gasteiger partial charge is 0.255 e. The fourth-order valence-corrected chi connectivity index (χ4v) is 4.43. The van der Waals surface area contributed by atoms with E-state index in [0.717, 1.165) is 48.6 Å². The Bertz CT molecular complexity index is 786.